The third-order valence-electron chi connectivity index (χ3n) is 4.76. The molecule has 0 saturated carbocycles. The van der Waals surface area contributed by atoms with Crippen molar-refractivity contribution >= 4 is 11.8 Å². The number of amides is 2. The number of aryl methyl sites for hydroxylation is 1. The molecule has 8 heteroatoms. The summed E-state index contributed by atoms with van der Waals surface area (Å²) in [6.45, 7) is 5.30. The molecule has 0 radical (unpaired) electrons. The molecule has 1 saturated heterocycles. The first-order valence-corrected chi connectivity index (χ1v) is 9.36. The fourth-order valence-corrected chi connectivity index (χ4v) is 3.29. The molecule has 1 aromatic heterocycles. The van der Waals surface area contributed by atoms with E-state index in [4.69, 9.17) is 0 Å². The Labute approximate surface area is 159 Å². The van der Waals surface area contributed by atoms with Gasteiger partial charge in [0.25, 0.3) is 0 Å². The molecule has 2 amide bonds. The highest BCUT2D eigenvalue weighted by molar-refractivity contribution is 5.88. The van der Waals surface area contributed by atoms with E-state index in [1.165, 1.54) is 0 Å². The van der Waals surface area contributed by atoms with Crippen LogP contribution in [0.25, 0.3) is 0 Å². The van der Waals surface area contributed by atoms with E-state index < -0.39 is 6.04 Å². The van der Waals surface area contributed by atoms with Gasteiger partial charge in [-0.15, -0.1) is 10.2 Å². The summed E-state index contributed by atoms with van der Waals surface area (Å²) >= 11 is 0. The summed E-state index contributed by atoms with van der Waals surface area (Å²) in [6.07, 6.45) is 2.45. The lowest BCUT2D eigenvalue weighted by Gasteiger charge is -2.34. The van der Waals surface area contributed by atoms with Crippen LogP contribution in [0.5, 0.6) is 0 Å². The summed E-state index contributed by atoms with van der Waals surface area (Å²) in [5.41, 5.74) is 1.14. The summed E-state index contributed by atoms with van der Waals surface area (Å²) in [5.74, 6) is 0.634. The van der Waals surface area contributed by atoms with Crippen molar-refractivity contribution in [2.75, 3.05) is 19.6 Å². The zero-order valence-electron chi connectivity index (χ0n) is 15.6. The highest BCUT2D eigenvalue weighted by Crippen LogP contribution is 2.13. The number of carbonyl (C=O) groups excluding carboxylic acids is 2. The Hall–Kier alpha value is -2.74. The van der Waals surface area contributed by atoms with Crippen LogP contribution in [0.3, 0.4) is 0 Å². The van der Waals surface area contributed by atoms with Crippen molar-refractivity contribution in [3.63, 3.8) is 0 Å². The van der Waals surface area contributed by atoms with Gasteiger partial charge in [0.15, 0.2) is 0 Å². The number of benzene rings is 1. The van der Waals surface area contributed by atoms with Crippen molar-refractivity contribution in [1.82, 2.24) is 30.3 Å². The van der Waals surface area contributed by atoms with Gasteiger partial charge in [-0.3, -0.25) is 14.5 Å². The lowest BCUT2D eigenvalue weighted by Crippen LogP contribution is -2.56. The van der Waals surface area contributed by atoms with Gasteiger partial charge in [0.05, 0.1) is 12.5 Å². The van der Waals surface area contributed by atoms with Crippen molar-refractivity contribution < 1.29 is 9.59 Å². The predicted molar refractivity (Wildman–Crippen MR) is 101 cm³/mol. The summed E-state index contributed by atoms with van der Waals surface area (Å²) in [5, 5.41) is 13.7. The van der Waals surface area contributed by atoms with Crippen LogP contribution in [0.2, 0.25) is 0 Å². The normalized spacial score (nSPS) is 17.5. The quantitative estimate of drug-likeness (QED) is 0.699. The average Bonchev–Trinajstić information content (AvgIpc) is 3.13. The van der Waals surface area contributed by atoms with Gasteiger partial charge in [0.2, 0.25) is 11.8 Å². The molecule has 1 aliphatic heterocycles. The van der Waals surface area contributed by atoms with Crippen molar-refractivity contribution in [2.24, 2.45) is 0 Å². The fraction of sp³-hybridized carbons (Fsp3) is 0.474. The molecule has 0 spiro atoms. The Morgan fingerprint density at radius 1 is 1.33 bits per heavy atom. The predicted octanol–water partition coefficient (Wildman–Crippen LogP) is 0.347. The number of aromatic nitrogens is 3. The van der Waals surface area contributed by atoms with E-state index in [1.54, 1.807) is 6.33 Å². The lowest BCUT2D eigenvalue weighted by molar-refractivity contribution is -0.134. The standard InChI is InChI=1S/C19H26N6O2/c1-2-24-14-22-23-17(24)8-9-20-18(26)12-16-19(27)21-10-11-25(16)13-15-6-4-3-5-7-15/h3-7,14,16H,2,8-13H2,1H3,(H,20,26)(H,21,27)/t16-/m0/s1. The minimum atomic E-state index is -0.446. The second-order valence-electron chi connectivity index (χ2n) is 6.60. The zero-order chi connectivity index (χ0) is 19.1. The molecule has 2 heterocycles. The van der Waals surface area contributed by atoms with Crippen LogP contribution in [-0.4, -0.2) is 57.2 Å². The number of nitrogens with one attached hydrogen (secondary N) is 2. The minimum Gasteiger partial charge on any atom is -0.356 e. The van der Waals surface area contributed by atoms with Gasteiger partial charge in [-0.2, -0.15) is 0 Å². The number of hydrogen-bond donors (Lipinski definition) is 2. The molecule has 1 atom stereocenters. The molecule has 0 aliphatic carbocycles. The number of rotatable bonds is 8. The van der Waals surface area contributed by atoms with Crippen LogP contribution < -0.4 is 10.6 Å². The number of carbonyl (C=O) groups is 2. The SMILES string of the molecule is CCn1cnnc1CCNC(=O)C[C@H]1C(=O)NCCN1Cc1ccccc1. The molecule has 27 heavy (non-hydrogen) atoms. The van der Waals surface area contributed by atoms with Crippen molar-refractivity contribution in [1.29, 1.82) is 0 Å². The van der Waals surface area contributed by atoms with Crippen LogP contribution in [-0.2, 0) is 29.1 Å². The highest BCUT2D eigenvalue weighted by atomic mass is 16.2. The second-order valence-corrected chi connectivity index (χ2v) is 6.60. The Kier molecular flexibility index (Phi) is 6.54. The first-order chi connectivity index (χ1) is 13.2. The first-order valence-electron chi connectivity index (χ1n) is 9.36. The maximum atomic E-state index is 12.4. The van der Waals surface area contributed by atoms with Crippen LogP contribution in [0, 0.1) is 0 Å². The van der Waals surface area contributed by atoms with E-state index in [9.17, 15) is 9.59 Å². The Morgan fingerprint density at radius 2 is 2.15 bits per heavy atom. The maximum Gasteiger partial charge on any atom is 0.237 e. The second kappa shape index (κ2) is 9.27. The molecule has 0 unspecified atom stereocenters. The van der Waals surface area contributed by atoms with E-state index in [0.717, 1.165) is 24.5 Å². The third-order valence-corrected chi connectivity index (χ3v) is 4.76. The first kappa shape index (κ1) is 19.0. The Bertz CT molecular complexity index is 761. The average molecular weight is 370 g/mol. The van der Waals surface area contributed by atoms with Crippen LogP contribution in [0.1, 0.15) is 24.7 Å². The maximum absolute atomic E-state index is 12.4. The van der Waals surface area contributed by atoms with E-state index in [1.807, 2.05) is 41.8 Å². The van der Waals surface area contributed by atoms with E-state index in [2.05, 4.69) is 25.7 Å². The van der Waals surface area contributed by atoms with Gasteiger partial charge in [-0.1, -0.05) is 30.3 Å². The number of piperazine rings is 1. The van der Waals surface area contributed by atoms with E-state index >= 15 is 0 Å². The van der Waals surface area contributed by atoms with Crippen molar-refractivity contribution in [2.45, 2.75) is 38.9 Å². The molecular weight excluding hydrogens is 344 g/mol. The minimum absolute atomic E-state index is 0.0851. The Balaban J connectivity index is 1.52. The zero-order valence-corrected chi connectivity index (χ0v) is 15.6. The largest absolute Gasteiger partial charge is 0.356 e. The summed E-state index contributed by atoms with van der Waals surface area (Å²) in [7, 11) is 0. The van der Waals surface area contributed by atoms with Crippen LogP contribution >= 0.6 is 0 Å². The fourth-order valence-electron chi connectivity index (χ4n) is 3.29. The lowest BCUT2D eigenvalue weighted by atomic mass is 10.1. The summed E-state index contributed by atoms with van der Waals surface area (Å²) in [6, 6.07) is 9.56. The monoisotopic (exact) mass is 370 g/mol. The molecule has 1 fully saturated rings. The van der Waals surface area contributed by atoms with Crippen LogP contribution in [0.4, 0.5) is 0 Å². The smallest absolute Gasteiger partial charge is 0.237 e. The Morgan fingerprint density at radius 3 is 2.93 bits per heavy atom. The molecule has 0 bridgehead atoms. The third kappa shape index (κ3) is 5.13. The van der Waals surface area contributed by atoms with E-state index in [-0.39, 0.29) is 18.2 Å². The number of hydrogen-bond acceptors (Lipinski definition) is 5. The van der Waals surface area contributed by atoms with Gasteiger partial charge in [0, 0.05) is 39.1 Å². The summed E-state index contributed by atoms with van der Waals surface area (Å²) in [4.78, 5) is 26.8. The van der Waals surface area contributed by atoms with Gasteiger partial charge >= 0.3 is 0 Å². The molecule has 144 valence electrons. The molecule has 3 rings (SSSR count). The van der Waals surface area contributed by atoms with Gasteiger partial charge < -0.3 is 15.2 Å². The van der Waals surface area contributed by atoms with Gasteiger partial charge in [-0.05, 0) is 12.5 Å². The highest BCUT2D eigenvalue weighted by Gasteiger charge is 2.31. The van der Waals surface area contributed by atoms with E-state index in [0.29, 0.717) is 26.1 Å². The molecule has 2 N–H and O–H groups in total. The van der Waals surface area contributed by atoms with Crippen molar-refractivity contribution in [3.8, 4) is 0 Å². The topological polar surface area (TPSA) is 92.1 Å². The van der Waals surface area contributed by atoms with Gasteiger partial charge in [0.1, 0.15) is 12.2 Å². The van der Waals surface area contributed by atoms with Crippen molar-refractivity contribution in [3.05, 3.63) is 48.0 Å². The molecule has 1 aromatic carbocycles. The van der Waals surface area contributed by atoms with Crippen LogP contribution in [0.15, 0.2) is 36.7 Å². The number of nitrogens with zero attached hydrogens (tertiary/aromatic N) is 4. The molecule has 1 aliphatic rings. The molecular formula is C19H26N6O2. The van der Waals surface area contributed by atoms with Gasteiger partial charge in [-0.25, -0.2) is 0 Å². The molecule has 2 aromatic rings. The molecule has 8 nitrogen and oxygen atoms in total. The summed E-state index contributed by atoms with van der Waals surface area (Å²) < 4.78 is 1.95.